The molecule has 6 nitrogen and oxygen atoms in total. The summed E-state index contributed by atoms with van der Waals surface area (Å²) in [5.74, 6) is -1.53. The standard InChI is InChI=1S/C20H23ClO6S/c1-9(22)16-4-3-13(28-16)5-11-6-14-12(7-15(11)21)8-26-20(14)19(25)18(24)17(23)10(2)27-20/h3-4,6-7,9-10,17-19,22-25H,5,8H2,1-2H3/t9?,10-,17-,18+,19-,20+/m1/s1. The lowest BCUT2D eigenvalue weighted by atomic mass is 9.87. The van der Waals surface area contributed by atoms with E-state index in [4.69, 9.17) is 21.1 Å². The second-order valence-electron chi connectivity index (χ2n) is 7.46. The maximum Gasteiger partial charge on any atom is 0.225 e. The molecule has 3 heterocycles. The Hall–Kier alpha value is -1.03. The molecule has 4 rings (SSSR count). The Labute approximate surface area is 171 Å². The number of ether oxygens (including phenoxy) is 2. The van der Waals surface area contributed by atoms with E-state index < -0.39 is 36.3 Å². The van der Waals surface area contributed by atoms with Gasteiger partial charge in [0, 0.05) is 26.8 Å². The topological polar surface area (TPSA) is 99.4 Å². The number of halogens is 1. The van der Waals surface area contributed by atoms with Crippen molar-refractivity contribution in [2.24, 2.45) is 0 Å². The molecule has 1 saturated heterocycles. The molecule has 2 aliphatic heterocycles. The number of aliphatic hydroxyl groups is 4. The molecule has 2 aliphatic rings. The van der Waals surface area contributed by atoms with Crippen molar-refractivity contribution in [1.82, 2.24) is 0 Å². The maximum atomic E-state index is 10.7. The fourth-order valence-corrected chi connectivity index (χ4v) is 5.08. The Morgan fingerprint density at radius 2 is 2.00 bits per heavy atom. The zero-order chi connectivity index (χ0) is 20.2. The van der Waals surface area contributed by atoms with Crippen LogP contribution in [-0.2, 0) is 28.3 Å². The number of fused-ring (bicyclic) bond motifs is 2. The van der Waals surface area contributed by atoms with E-state index in [0.29, 0.717) is 17.0 Å². The summed E-state index contributed by atoms with van der Waals surface area (Å²) in [5, 5.41) is 41.3. The van der Waals surface area contributed by atoms with E-state index in [0.717, 1.165) is 20.9 Å². The van der Waals surface area contributed by atoms with Crippen LogP contribution in [0.2, 0.25) is 5.02 Å². The predicted octanol–water partition coefficient (Wildman–Crippen LogP) is 2.23. The molecule has 0 bridgehead atoms. The molecule has 2 aromatic rings. The van der Waals surface area contributed by atoms with Crippen LogP contribution in [0.25, 0.3) is 0 Å². The van der Waals surface area contributed by atoms with Crippen molar-refractivity contribution in [1.29, 1.82) is 0 Å². The van der Waals surface area contributed by atoms with Gasteiger partial charge < -0.3 is 29.9 Å². The second-order valence-corrected chi connectivity index (χ2v) is 9.07. The Kier molecular flexibility index (Phi) is 5.31. The lowest BCUT2D eigenvalue weighted by molar-refractivity contribution is -0.362. The van der Waals surface area contributed by atoms with Crippen LogP contribution in [0, 0.1) is 0 Å². The summed E-state index contributed by atoms with van der Waals surface area (Å²) >= 11 is 7.99. The number of rotatable bonds is 3. The molecule has 1 unspecified atom stereocenters. The first-order valence-electron chi connectivity index (χ1n) is 9.17. The van der Waals surface area contributed by atoms with Crippen LogP contribution >= 0.6 is 22.9 Å². The third-order valence-electron chi connectivity index (χ3n) is 5.45. The fourth-order valence-electron chi connectivity index (χ4n) is 3.85. The molecule has 0 aliphatic carbocycles. The first-order chi connectivity index (χ1) is 13.2. The lowest BCUT2D eigenvalue weighted by Crippen LogP contribution is -2.62. The number of hydrogen-bond donors (Lipinski definition) is 4. The molecule has 1 aromatic carbocycles. The highest BCUT2D eigenvalue weighted by atomic mass is 35.5. The summed E-state index contributed by atoms with van der Waals surface area (Å²) < 4.78 is 11.7. The molecular formula is C20H23ClO6S. The molecule has 1 aromatic heterocycles. The summed E-state index contributed by atoms with van der Waals surface area (Å²) in [6.45, 7) is 3.54. The van der Waals surface area contributed by atoms with Crippen LogP contribution in [-0.4, -0.2) is 44.8 Å². The van der Waals surface area contributed by atoms with E-state index in [2.05, 4.69) is 0 Å². The Balaban J connectivity index is 1.71. The molecule has 1 fully saturated rings. The highest BCUT2D eigenvalue weighted by molar-refractivity contribution is 7.12. The lowest BCUT2D eigenvalue weighted by Gasteiger charge is -2.45. The first kappa shape index (κ1) is 20.3. The van der Waals surface area contributed by atoms with Crippen LogP contribution in [0.5, 0.6) is 0 Å². The molecule has 0 saturated carbocycles. The van der Waals surface area contributed by atoms with Gasteiger partial charge >= 0.3 is 0 Å². The van der Waals surface area contributed by atoms with Gasteiger partial charge in [0.2, 0.25) is 5.79 Å². The number of benzene rings is 1. The van der Waals surface area contributed by atoms with Gasteiger partial charge in [-0.3, -0.25) is 0 Å². The van der Waals surface area contributed by atoms with Crippen molar-refractivity contribution >= 4 is 22.9 Å². The van der Waals surface area contributed by atoms with Crippen molar-refractivity contribution < 1.29 is 29.9 Å². The summed E-state index contributed by atoms with van der Waals surface area (Å²) in [6, 6.07) is 7.48. The Morgan fingerprint density at radius 1 is 1.25 bits per heavy atom. The molecule has 6 atom stereocenters. The van der Waals surface area contributed by atoms with Gasteiger partial charge in [0.1, 0.15) is 18.3 Å². The highest BCUT2D eigenvalue weighted by Gasteiger charge is 2.57. The summed E-state index contributed by atoms with van der Waals surface area (Å²) in [7, 11) is 0. The minimum absolute atomic E-state index is 0.188. The average Bonchev–Trinajstić information content (AvgIpc) is 3.25. The van der Waals surface area contributed by atoms with Crippen molar-refractivity contribution in [3.05, 3.63) is 55.7 Å². The molecule has 8 heteroatoms. The Morgan fingerprint density at radius 3 is 2.68 bits per heavy atom. The van der Waals surface area contributed by atoms with Gasteiger partial charge in [-0.05, 0) is 49.2 Å². The van der Waals surface area contributed by atoms with E-state index in [-0.39, 0.29) is 6.61 Å². The normalized spacial score (nSPS) is 33.2. The van der Waals surface area contributed by atoms with Gasteiger partial charge in [0.05, 0.1) is 18.8 Å². The first-order valence-corrected chi connectivity index (χ1v) is 10.4. The van der Waals surface area contributed by atoms with E-state index >= 15 is 0 Å². The number of thiophene rings is 1. The predicted molar refractivity (Wildman–Crippen MR) is 104 cm³/mol. The smallest absolute Gasteiger partial charge is 0.225 e. The summed E-state index contributed by atoms with van der Waals surface area (Å²) in [6.07, 6.45) is -4.71. The fraction of sp³-hybridized carbons (Fsp3) is 0.500. The zero-order valence-corrected chi connectivity index (χ0v) is 17.1. The third-order valence-corrected chi connectivity index (χ3v) is 7.06. The molecule has 0 amide bonds. The molecule has 4 N–H and O–H groups in total. The van der Waals surface area contributed by atoms with Gasteiger partial charge in [-0.2, -0.15) is 0 Å². The minimum Gasteiger partial charge on any atom is -0.388 e. The Bertz CT molecular complexity index is 884. The van der Waals surface area contributed by atoms with Crippen molar-refractivity contribution in [3.8, 4) is 0 Å². The van der Waals surface area contributed by atoms with Crippen LogP contribution in [0.3, 0.4) is 0 Å². The maximum absolute atomic E-state index is 10.7. The van der Waals surface area contributed by atoms with E-state index in [1.807, 2.05) is 18.2 Å². The van der Waals surface area contributed by atoms with Crippen molar-refractivity contribution in [3.63, 3.8) is 0 Å². The van der Waals surface area contributed by atoms with E-state index in [1.54, 1.807) is 19.9 Å². The van der Waals surface area contributed by atoms with Gasteiger partial charge in [-0.1, -0.05) is 11.6 Å². The summed E-state index contributed by atoms with van der Waals surface area (Å²) in [4.78, 5) is 1.92. The second kappa shape index (κ2) is 7.34. The van der Waals surface area contributed by atoms with E-state index in [9.17, 15) is 20.4 Å². The van der Waals surface area contributed by atoms with Crippen LogP contribution in [0.1, 0.15) is 46.4 Å². The monoisotopic (exact) mass is 426 g/mol. The largest absolute Gasteiger partial charge is 0.388 e. The van der Waals surface area contributed by atoms with Gasteiger partial charge in [0.15, 0.2) is 0 Å². The van der Waals surface area contributed by atoms with Crippen LogP contribution in [0.4, 0.5) is 0 Å². The highest BCUT2D eigenvalue weighted by Crippen LogP contribution is 2.47. The molecule has 1 spiro atoms. The molecule has 152 valence electrons. The molecule has 0 radical (unpaired) electrons. The van der Waals surface area contributed by atoms with Crippen molar-refractivity contribution in [2.45, 2.75) is 63.2 Å². The molecular weight excluding hydrogens is 404 g/mol. The quantitative estimate of drug-likeness (QED) is 0.600. The minimum atomic E-state index is -1.53. The van der Waals surface area contributed by atoms with Gasteiger partial charge in [-0.25, -0.2) is 0 Å². The van der Waals surface area contributed by atoms with Crippen LogP contribution < -0.4 is 0 Å². The van der Waals surface area contributed by atoms with E-state index in [1.165, 1.54) is 11.3 Å². The zero-order valence-electron chi connectivity index (χ0n) is 15.5. The third kappa shape index (κ3) is 3.20. The molecule has 28 heavy (non-hydrogen) atoms. The van der Waals surface area contributed by atoms with Gasteiger partial charge in [-0.15, -0.1) is 11.3 Å². The SMILES string of the molecule is CC(O)c1ccc(Cc2cc3c(cc2Cl)CO[C@]32O[C@H](C)[C@@H](O)[C@H](O)[C@H]2O)s1. The summed E-state index contributed by atoms with van der Waals surface area (Å²) in [5.41, 5.74) is 2.22. The van der Waals surface area contributed by atoms with Crippen LogP contribution in [0.15, 0.2) is 24.3 Å². The average molecular weight is 427 g/mol. The van der Waals surface area contributed by atoms with Crippen molar-refractivity contribution in [2.75, 3.05) is 0 Å². The van der Waals surface area contributed by atoms with Gasteiger partial charge in [0.25, 0.3) is 0 Å². The number of hydrogen-bond acceptors (Lipinski definition) is 7. The number of aliphatic hydroxyl groups excluding tert-OH is 4.